The minimum atomic E-state index is -3.35. The molecule has 0 bridgehead atoms. The van der Waals surface area contributed by atoms with Crippen molar-refractivity contribution in [3.05, 3.63) is 89.9 Å². The maximum atomic E-state index is 13.4. The second kappa shape index (κ2) is 12.8. The number of benzene rings is 2. The number of hydrogen-bond acceptors (Lipinski definition) is 7. The van der Waals surface area contributed by atoms with Gasteiger partial charge in [0.05, 0.1) is 18.1 Å². The number of pyridine rings is 1. The monoisotopic (exact) mass is 603 g/mol. The minimum absolute atomic E-state index is 0.0626. The van der Waals surface area contributed by atoms with E-state index < -0.39 is 10.0 Å². The Morgan fingerprint density at radius 2 is 1.79 bits per heavy atom. The second-order valence-electron chi connectivity index (χ2n) is 10.9. The van der Waals surface area contributed by atoms with Crippen LogP contribution in [0.1, 0.15) is 29.7 Å². The van der Waals surface area contributed by atoms with E-state index in [-0.39, 0.29) is 12.1 Å². The first-order chi connectivity index (χ1) is 20.5. The summed E-state index contributed by atoms with van der Waals surface area (Å²) in [5.74, 6) is 1.08. The van der Waals surface area contributed by atoms with Crippen molar-refractivity contribution < 1.29 is 17.9 Å². The average molecular weight is 604 g/mol. The molecule has 2 N–H and O–H groups in total. The summed E-state index contributed by atoms with van der Waals surface area (Å²) < 4.78 is 33.2. The number of aromatic nitrogens is 3. The summed E-state index contributed by atoms with van der Waals surface area (Å²) >= 11 is 0. The Labute approximate surface area is 252 Å². The van der Waals surface area contributed by atoms with Crippen LogP contribution in [0.15, 0.2) is 73.1 Å². The van der Waals surface area contributed by atoms with Gasteiger partial charge in [-0.25, -0.2) is 18.2 Å². The Morgan fingerprint density at radius 1 is 1.05 bits per heavy atom. The first-order valence-corrected chi connectivity index (χ1v) is 16.0. The van der Waals surface area contributed by atoms with Crippen LogP contribution in [0.5, 0.6) is 11.6 Å². The Kier molecular flexibility index (Phi) is 8.97. The van der Waals surface area contributed by atoms with E-state index in [1.54, 1.807) is 35.3 Å². The smallest absolute Gasteiger partial charge is 0.326 e. The number of nitrogens with zero attached hydrogens (tertiary/aromatic N) is 5. The lowest BCUT2D eigenvalue weighted by atomic mass is 10.0. The van der Waals surface area contributed by atoms with Gasteiger partial charge in [-0.3, -0.25) is 19.2 Å². The summed E-state index contributed by atoms with van der Waals surface area (Å²) in [6, 6.07) is 18.7. The van der Waals surface area contributed by atoms with Crippen molar-refractivity contribution in [2.75, 3.05) is 34.3 Å². The molecular weight excluding hydrogens is 566 g/mol. The molecule has 0 atom stereocenters. The van der Waals surface area contributed by atoms with Crippen molar-refractivity contribution in [1.82, 2.24) is 19.7 Å². The van der Waals surface area contributed by atoms with Gasteiger partial charge in [0.1, 0.15) is 5.75 Å². The van der Waals surface area contributed by atoms with Crippen molar-refractivity contribution in [3.63, 3.8) is 0 Å². The molecule has 11 nitrogen and oxygen atoms in total. The summed E-state index contributed by atoms with van der Waals surface area (Å²) in [4.78, 5) is 22.3. The first-order valence-electron chi connectivity index (χ1n) is 14.1. The molecule has 2 aromatic heterocycles. The minimum Gasteiger partial charge on any atom is -0.439 e. The number of likely N-dealkylation sites (tertiary alicyclic amines) is 1. The normalized spacial score (nSPS) is 14.3. The van der Waals surface area contributed by atoms with E-state index >= 15 is 0 Å². The molecule has 2 amide bonds. The number of sulfonamides is 1. The quantitative estimate of drug-likeness (QED) is 0.266. The maximum absolute atomic E-state index is 13.4. The number of anilines is 3. The standard InChI is InChI=1S/C31H37N7O4S/c1-22-18-25(35-43(4,40)41)11-12-29(22)42-30-13-10-24(23(2)33-30)20-37-16-14-28(15-17-37)38(27-8-6-5-7-9-27)31(39)34-26-19-32-36(3)21-26/h5-13,18-19,21,28,35H,14-17,20H2,1-4H3,(H,34,39). The molecule has 5 rings (SSSR count). The van der Waals surface area contributed by atoms with Gasteiger partial charge in [-0.05, 0) is 68.1 Å². The van der Waals surface area contributed by atoms with Gasteiger partial charge in [-0.1, -0.05) is 24.3 Å². The zero-order valence-corrected chi connectivity index (χ0v) is 25.6. The molecule has 1 saturated heterocycles. The number of rotatable bonds is 9. The number of amides is 2. The fourth-order valence-corrected chi connectivity index (χ4v) is 5.83. The van der Waals surface area contributed by atoms with Crippen molar-refractivity contribution in [2.45, 2.75) is 39.3 Å². The molecule has 3 heterocycles. The van der Waals surface area contributed by atoms with Crippen molar-refractivity contribution >= 4 is 33.1 Å². The number of nitrogens with one attached hydrogen (secondary N) is 2. The Balaban J connectivity index is 1.20. The van der Waals surface area contributed by atoms with Gasteiger partial charge < -0.3 is 10.1 Å². The topological polar surface area (TPSA) is 122 Å². The summed E-state index contributed by atoms with van der Waals surface area (Å²) in [7, 11) is -1.53. The van der Waals surface area contributed by atoms with Crippen LogP contribution < -0.4 is 19.7 Å². The predicted molar refractivity (Wildman–Crippen MR) is 168 cm³/mol. The molecule has 0 aliphatic carbocycles. The van der Waals surface area contributed by atoms with Crippen LogP contribution in [0.3, 0.4) is 0 Å². The molecule has 0 radical (unpaired) electrons. The van der Waals surface area contributed by atoms with E-state index in [1.807, 2.05) is 68.3 Å². The lowest BCUT2D eigenvalue weighted by Gasteiger charge is -2.38. The van der Waals surface area contributed by atoms with E-state index in [0.717, 1.165) is 61.2 Å². The van der Waals surface area contributed by atoms with Crippen molar-refractivity contribution in [1.29, 1.82) is 0 Å². The lowest BCUT2D eigenvalue weighted by molar-refractivity contribution is 0.199. The summed E-state index contributed by atoms with van der Waals surface area (Å²) in [6.07, 6.45) is 6.23. The molecule has 0 unspecified atom stereocenters. The van der Waals surface area contributed by atoms with E-state index in [0.29, 0.717) is 23.0 Å². The third-order valence-electron chi connectivity index (χ3n) is 7.39. The van der Waals surface area contributed by atoms with Crippen LogP contribution in [-0.4, -0.2) is 59.5 Å². The number of urea groups is 1. The highest BCUT2D eigenvalue weighted by atomic mass is 32.2. The predicted octanol–water partition coefficient (Wildman–Crippen LogP) is 5.30. The Hall–Kier alpha value is -4.42. The van der Waals surface area contributed by atoms with Crippen LogP contribution >= 0.6 is 0 Å². The SMILES string of the molecule is Cc1cc(NS(C)(=O)=O)ccc1Oc1ccc(CN2CCC(N(C(=O)Nc3cnn(C)c3)c3ccccc3)CC2)c(C)n1. The second-order valence-corrected chi connectivity index (χ2v) is 12.6. The van der Waals surface area contributed by atoms with Crippen molar-refractivity contribution in [2.24, 2.45) is 7.05 Å². The van der Waals surface area contributed by atoms with E-state index in [2.05, 4.69) is 25.0 Å². The maximum Gasteiger partial charge on any atom is 0.326 e. The van der Waals surface area contributed by atoms with Gasteiger partial charge in [0, 0.05) is 62.1 Å². The zero-order valence-electron chi connectivity index (χ0n) is 24.8. The fourth-order valence-electron chi connectivity index (χ4n) is 5.27. The lowest BCUT2D eigenvalue weighted by Crippen LogP contribution is -2.49. The van der Waals surface area contributed by atoms with Crippen LogP contribution in [-0.2, 0) is 23.6 Å². The zero-order chi connectivity index (χ0) is 30.6. The molecule has 43 heavy (non-hydrogen) atoms. The summed E-state index contributed by atoms with van der Waals surface area (Å²) in [5, 5.41) is 7.16. The highest BCUT2D eigenvalue weighted by Gasteiger charge is 2.29. The highest BCUT2D eigenvalue weighted by molar-refractivity contribution is 7.92. The number of para-hydroxylation sites is 1. The molecular formula is C31H37N7O4S. The fraction of sp³-hybridized carbons (Fsp3) is 0.323. The Bertz CT molecular complexity index is 1680. The molecule has 4 aromatic rings. The molecule has 1 aliphatic rings. The molecule has 0 spiro atoms. The van der Waals surface area contributed by atoms with Gasteiger partial charge >= 0.3 is 6.03 Å². The van der Waals surface area contributed by atoms with Crippen LogP contribution in [0.2, 0.25) is 0 Å². The molecule has 0 saturated carbocycles. The molecule has 1 fully saturated rings. The van der Waals surface area contributed by atoms with Crippen LogP contribution in [0.4, 0.5) is 21.9 Å². The Morgan fingerprint density at radius 3 is 2.42 bits per heavy atom. The molecule has 2 aromatic carbocycles. The average Bonchev–Trinajstić information content (AvgIpc) is 3.36. The largest absolute Gasteiger partial charge is 0.439 e. The van der Waals surface area contributed by atoms with E-state index in [4.69, 9.17) is 4.74 Å². The molecule has 12 heteroatoms. The summed E-state index contributed by atoms with van der Waals surface area (Å²) in [5.41, 5.74) is 4.81. The van der Waals surface area contributed by atoms with Gasteiger partial charge in [0.15, 0.2) is 0 Å². The highest BCUT2D eigenvalue weighted by Crippen LogP contribution is 2.29. The third-order valence-corrected chi connectivity index (χ3v) is 7.99. The van der Waals surface area contributed by atoms with E-state index in [1.165, 1.54) is 0 Å². The number of hydrogen-bond donors (Lipinski definition) is 2. The third kappa shape index (κ3) is 7.90. The summed E-state index contributed by atoms with van der Waals surface area (Å²) in [6.45, 7) is 6.28. The van der Waals surface area contributed by atoms with Gasteiger partial charge in [-0.2, -0.15) is 5.10 Å². The number of carbonyl (C=O) groups is 1. The molecule has 226 valence electrons. The number of aryl methyl sites for hydroxylation is 3. The first kappa shape index (κ1) is 30.1. The van der Waals surface area contributed by atoms with Crippen LogP contribution in [0, 0.1) is 13.8 Å². The number of piperidine rings is 1. The van der Waals surface area contributed by atoms with Gasteiger partial charge in [-0.15, -0.1) is 0 Å². The van der Waals surface area contributed by atoms with Gasteiger partial charge in [0.2, 0.25) is 15.9 Å². The van der Waals surface area contributed by atoms with Crippen molar-refractivity contribution in [3.8, 4) is 11.6 Å². The number of ether oxygens (including phenoxy) is 1. The van der Waals surface area contributed by atoms with E-state index in [9.17, 15) is 13.2 Å². The van der Waals surface area contributed by atoms with Crippen LogP contribution in [0.25, 0.3) is 0 Å². The molecule has 1 aliphatic heterocycles. The van der Waals surface area contributed by atoms with Gasteiger partial charge in [0.25, 0.3) is 0 Å². The number of carbonyl (C=O) groups excluding carboxylic acids is 1.